The van der Waals surface area contributed by atoms with E-state index in [1.165, 1.54) is 6.20 Å². The summed E-state index contributed by atoms with van der Waals surface area (Å²) in [4.78, 5) is 11.3. The fourth-order valence-electron chi connectivity index (χ4n) is 0.817. The molecule has 0 aromatic carbocycles. The topological polar surface area (TPSA) is 83.8 Å². The van der Waals surface area contributed by atoms with Crippen LogP contribution in [0.1, 0.15) is 24.2 Å². The Kier molecular flexibility index (Phi) is 2.32. The molecular formula is C7H12N4O. The molecule has 0 atom stereocenters. The van der Waals surface area contributed by atoms with Gasteiger partial charge in [0.1, 0.15) is 11.4 Å². The number of aromatic nitrogens is 2. The molecule has 4 N–H and O–H groups in total. The quantitative estimate of drug-likeness (QED) is 0.587. The number of amides is 1. The molecule has 1 aromatic rings. The van der Waals surface area contributed by atoms with Crippen molar-refractivity contribution in [3.8, 4) is 0 Å². The molecule has 12 heavy (non-hydrogen) atoms. The van der Waals surface area contributed by atoms with Crippen molar-refractivity contribution in [2.24, 2.45) is 0 Å². The van der Waals surface area contributed by atoms with Gasteiger partial charge in [0.15, 0.2) is 0 Å². The molecule has 5 nitrogen and oxygen atoms in total. The van der Waals surface area contributed by atoms with Crippen molar-refractivity contribution in [3.05, 3.63) is 11.8 Å². The van der Waals surface area contributed by atoms with Gasteiger partial charge in [0.25, 0.3) is 5.91 Å². The van der Waals surface area contributed by atoms with Gasteiger partial charge < -0.3 is 11.1 Å². The number of nitrogen functional groups attached to an aromatic ring is 1. The van der Waals surface area contributed by atoms with E-state index in [0.29, 0.717) is 11.4 Å². The summed E-state index contributed by atoms with van der Waals surface area (Å²) in [6, 6.07) is 0.104. The minimum Gasteiger partial charge on any atom is -0.383 e. The minimum absolute atomic E-state index is 0.104. The lowest BCUT2D eigenvalue weighted by atomic mass is 10.3. The zero-order valence-electron chi connectivity index (χ0n) is 7.09. The number of nitrogens with zero attached hydrogens (tertiary/aromatic N) is 1. The molecule has 0 radical (unpaired) electrons. The SMILES string of the molecule is CC(C)NC(=O)c1cn[nH]c1N. The number of H-pyrrole nitrogens is 1. The van der Waals surface area contributed by atoms with Crippen LogP contribution < -0.4 is 11.1 Å². The van der Waals surface area contributed by atoms with Gasteiger partial charge in [-0.1, -0.05) is 0 Å². The summed E-state index contributed by atoms with van der Waals surface area (Å²) < 4.78 is 0. The maximum atomic E-state index is 11.3. The Balaban J connectivity index is 2.72. The summed E-state index contributed by atoms with van der Waals surface area (Å²) in [7, 11) is 0. The molecule has 5 heteroatoms. The van der Waals surface area contributed by atoms with E-state index in [-0.39, 0.29) is 11.9 Å². The minimum atomic E-state index is -0.198. The Morgan fingerprint density at radius 3 is 2.83 bits per heavy atom. The lowest BCUT2D eigenvalue weighted by molar-refractivity contribution is 0.0944. The van der Waals surface area contributed by atoms with Crippen LogP contribution in [0, 0.1) is 0 Å². The number of rotatable bonds is 2. The molecule has 0 aliphatic carbocycles. The van der Waals surface area contributed by atoms with Crippen molar-refractivity contribution in [1.82, 2.24) is 15.5 Å². The van der Waals surface area contributed by atoms with Crippen LogP contribution >= 0.6 is 0 Å². The number of nitrogens with two attached hydrogens (primary N) is 1. The first-order chi connectivity index (χ1) is 5.61. The summed E-state index contributed by atoms with van der Waals surface area (Å²) in [5.41, 5.74) is 5.83. The third kappa shape index (κ3) is 1.75. The van der Waals surface area contributed by atoms with E-state index in [1.807, 2.05) is 13.8 Å². The van der Waals surface area contributed by atoms with Gasteiger partial charge in [-0.05, 0) is 13.8 Å². The Morgan fingerprint density at radius 2 is 2.42 bits per heavy atom. The second-order valence-corrected chi connectivity index (χ2v) is 2.83. The van der Waals surface area contributed by atoms with Gasteiger partial charge in [0.2, 0.25) is 0 Å². The third-order valence-electron chi connectivity index (χ3n) is 1.33. The molecule has 0 aliphatic heterocycles. The predicted molar refractivity (Wildman–Crippen MR) is 45.6 cm³/mol. The second kappa shape index (κ2) is 3.25. The number of anilines is 1. The predicted octanol–water partition coefficient (Wildman–Crippen LogP) is 0.130. The van der Waals surface area contributed by atoms with E-state index in [9.17, 15) is 4.79 Å². The maximum absolute atomic E-state index is 11.3. The van der Waals surface area contributed by atoms with Crippen LogP contribution in [0.25, 0.3) is 0 Å². The highest BCUT2D eigenvalue weighted by Gasteiger charge is 2.11. The average Bonchev–Trinajstić information content (AvgIpc) is 2.33. The Hall–Kier alpha value is -1.52. The standard InChI is InChI=1S/C7H12N4O/c1-4(2)10-7(12)5-3-9-11-6(5)8/h3-4H,1-2H3,(H,10,12)(H3,8,9,11). The molecule has 1 rings (SSSR count). The highest BCUT2D eigenvalue weighted by molar-refractivity contribution is 5.98. The first-order valence-electron chi connectivity index (χ1n) is 3.71. The van der Waals surface area contributed by atoms with Gasteiger partial charge in [-0.2, -0.15) is 5.10 Å². The molecule has 66 valence electrons. The smallest absolute Gasteiger partial charge is 0.256 e. The van der Waals surface area contributed by atoms with E-state index >= 15 is 0 Å². The molecule has 1 aromatic heterocycles. The lowest BCUT2D eigenvalue weighted by Gasteiger charge is -2.06. The van der Waals surface area contributed by atoms with E-state index in [1.54, 1.807) is 0 Å². The zero-order valence-corrected chi connectivity index (χ0v) is 7.09. The van der Waals surface area contributed by atoms with E-state index in [0.717, 1.165) is 0 Å². The van der Waals surface area contributed by atoms with E-state index < -0.39 is 0 Å². The van der Waals surface area contributed by atoms with Gasteiger partial charge >= 0.3 is 0 Å². The van der Waals surface area contributed by atoms with Crippen molar-refractivity contribution in [3.63, 3.8) is 0 Å². The molecule has 0 saturated heterocycles. The number of aromatic amines is 1. The van der Waals surface area contributed by atoms with Crippen LogP contribution in [-0.4, -0.2) is 22.1 Å². The highest BCUT2D eigenvalue weighted by Crippen LogP contribution is 2.05. The van der Waals surface area contributed by atoms with Gasteiger partial charge in [0.05, 0.1) is 6.20 Å². The molecule has 1 heterocycles. The maximum Gasteiger partial charge on any atom is 0.256 e. The molecule has 0 fully saturated rings. The van der Waals surface area contributed by atoms with Crippen LogP contribution in [0.3, 0.4) is 0 Å². The van der Waals surface area contributed by atoms with Crippen LogP contribution in [0.4, 0.5) is 5.82 Å². The summed E-state index contributed by atoms with van der Waals surface area (Å²) in [5, 5.41) is 8.84. The van der Waals surface area contributed by atoms with Crippen LogP contribution in [0.15, 0.2) is 6.20 Å². The molecule has 0 bridgehead atoms. The first-order valence-corrected chi connectivity index (χ1v) is 3.71. The number of hydrogen-bond donors (Lipinski definition) is 3. The van der Waals surface area contributed by atoms with Crippen molar-refractivity contribution >= 4 is 11.7 Å². The molecular weight excluding hydrogens is 156 g/mol. The molecule has 0 unspecified atom stereocenters. The molecule has 0 aliphatic rings. The van der Waals surface area contributed by atoms with Crippen molar-refractivity contribution < 1.29 is 4.79 Å². The van der Waals surface area contributed by atoms with Gasteiger partial charge in [-0.15, -0.1) is 0 Å². The zero-order chi connectivity index (χ0) is 9.14. The van der Waals surface area contributed by atoms with E-state index in [2.05, 4.69) is 15.5 Å². The number of nitrogens with one attached hydrogen (secondary N) is 2. The summed E-state index contributed by atoms with van der Waals surface area (Å²) in [5.74, 6) is 0.101. The average molecular weight is 168 g/mol. The molecule has 1 amide bonds. The summed E-state index contributed by atoms with van der Waals surface area (Å²) >= 11 is 0. The third-order valence-corrected chi connectivity index (χ3v) is 1.33. The number of hydrogen-bond acceptors (Lipinski definition) is 3. The second-order valence-electron chi connectivity index (χ2n) is 2.83. The van der Waals surface area contributed by atoms with E-state index in [4.69, 9.17) is 5.73 Å². The Morgan fingerprint density at radius 1 is 1.75 bits per heavy atom. The van der Waals surface area contributed by atoms with Crippen molar-refractivity contribution in [1.29, 1.82) is 0 Å². The van der Waals surface area contributed by atoms with Crippen LogP contribution in [0.5, 0.6) is 0 Å². The number of carbonyl (C=O) groups excluding carboxylic acids is 1. The lowest BCUT2D eigenvalue weighted by Crippen LogP contribution is -2.30. The fraction of sp³-hybridized carbons (Fsp3) is 0.429. The summed E-state index contributed by atoms with van der Waals surface area (Å²) in [6.07, 6.45) is 1.41. The van der Waals surface area contributed by atoms with Crippen LogP contribution in [-0.2, 0) is 0 Å². The summed E-state index contributed by atoms with van der Waals surface area (Å²) in [6.45, 7) is 3.77. The van der Waals surface area contributed by atoms with Gasteiger partial charge in [0, 0.05) is 6.04 Å². The van der Waals surface area contributed by atoms with Gasteiger partial charge in [-0.3, -0.25) is 9.89 Å². The van der Waals surface area contributed by atoms with Gasteiger partial charge in [-0.25, -0.2) is 0 Å². The highest BCUT2D eigenvalue weighted by atomic mass is 16.1. The monoisotopic (exact) mass is 168 g/mol. The largest absolute Gasteiger partial charge is 0.383 e. The van der Waals surface area contributed by atoms with Crippen LogP contribution in [0.2, 0.25) is 0 Å². The Bertz CT molecular complexity index is 279. The molecule has 0 saturated carbocycles. The van der Waals surface area contributed by atoms with Crippen molar-refractivity contribution in [2.75, 3.05) is 5.73 Å². The first kappa shape index (κ1) is 8.58. The Labute approximate surface area is 70.3 Å². The fourth-order valence-corrected chi connectivity index (χ4v) is 0.817. The normalized spacial score (nSPS) is 10.2. The number of carbonyl (C=O) groups is 1. The molecule has 0 spiro atoms. The van der Waals surface area contributed by atoms with Crippen molar-refractivity contribution in [2.45, 2.75) is 19.9 Å².